The molecule has 80 valence electrons. The van der Waals surface area contributed by atoms with Gasteiger partial charge in [-0.2, -0.15) is 0 Å². The third kappa shape index (κ3) is 2.47. The topological polar surface area (TPSA) is 45.1 Å². The highest BCUT2D eigenvalue weighted by molar-refractivity contribution is 5.79. The van der Waals surface area contributed by atoms with Gasteiger partial charge >= 0.3 is 0 Å². The van der Waals surface area contributed by atoms with Crippen LogP contribution in [0.5, 0.6) is 0 Å². The molecule has 4 heteroatoms. The number of hydrogen-bond acceptors (Lipinski definition) is 4. The molecule has 1 aliphatic rings. The Kier molecular flexibility index (Phi) is 3.19. The van der Waals surface area contributed by atoms with E-state index in [0.717, 1.165) is 31.9 Å². The highest BCUT2D eigenvalue weighted by atomic mass is 16.5. The molecule has 0 spiro atoms. The Morgan fingerprint density at radius 2 is 1.87 bits per heavy atom. The molecule has 0 unspecified atom stereocenters. The predicted molar refractivity (Wildman–Crippen MR) is 58.9 cm³/mol. The first-order valence-electron chi connectivity index (χ1n) is 5.00. The van der Waals surface area contributed by atoms with Crippen molar-refractivity contribution in [3.8, 4) is 0 Å². The largest absolute Gasteiger partial charge is 0.411 e. The Balaban J connectivity index is 2.08. The smallest absolute Gasteiger partial charge is 0.0733 e. The van der Waals surface area contributed by atoms with Crippen molar-refractivity contribution in [3.05, 3.63) is 29.8 Å². The predicted octanol–water partition coefficient (Wildman–Crippen LogP) is 1.33. The van der Waals surface area contributed by atoms with E-state index in [0.29, 0.717) is 0 Å². The minimum Gasteiger partial charge on any atom is -0.411 e. The van der Waals surface area contributed by atoms with E-state index in [4.69, 9.17) is 9.94 Å². The van der Waals surface area contributed by atoms with Crippen molar-refractivity contribution in [2.75, 3.05) is 31.2 Å². The van der Waals surface area contributed by atoms with Gasteiger partial charge in [0.05, 0.1) is 19.4 Å². The lowest BCUT2D eigenvalue weighted by Gasteiger charge is -2.28. The summed E-state index contributed by atoms with van der Waals surface area (Å²) in [6.45, 7) is 3.46. The van der Waals surface area contributed by atoms with E-state index in [1.54, 1.807) is 0 Å². The second-order valence-electron chi connectivity index (χ2n) is 3.44. The molecule has 0 aromatic heterocycles. The summed E-state index contributed by atoms with van der Waals surface area (Å²) < 4.78 is 5.29. The normalized spacial score (nSPS) is 17.2. The van der Waals surface area contributed by atoms with Crippen LogP contribution in [0.2, 0.25) is 0 Å². The van der Waals surface area contributed by atoms with Crippen LogP contribution in [0.3, 0.4) is 0 Å². The monoisotopic (exact) mass is 206 g/mol. The Bertz CT molecular complexity index is 329. The molecule has 0 atom stereocenters. The third-order valence-corrected chi connectivity index (χ3v) is 2.48. The van der Waals surface area contributed by atoms with Gasteiger partial charge in [-0.25, -0.2) is 0 Å². The minimum absolute atomic E-state index is 0.792. The van der Waals surface area contributed by atoms with Crippen LogP contribution in [0.15, 0.2) is 29.4 Å². The Labute approximate surface area is 88.8 Å². The Morgan fingerprint density at radius 3 is 2.47 bits per heavy atom. The van der Waals surface area contributed by atoms with Crippen LogP contribution >= 0.6 is 0 Å². The number of oxime groups is 1. The summed E-state index contributed by atoms with van der Waals surface area (Å²) in [6.07, 6.45) is 1.42. The SMILES string of the molecule is O/N=C\c1ccc(N2CCOCC2)cc1. The zero-order valence-electron chi connectivity index (χ0n) is 8.47. The molecule has 0 radical (unpaired) electrons. The molecule has 2 rings (SSSR count). The maximum atomic E-state index is 8.38. The first kappa shape index (κ1) is 9.98. The van der Waals surface area contributed by atoms with Crippen molar-refractivity contribution in [2.45, 2.75) is 0 Å². The number of nitrogens with zero attached hydrogens (tertiary/aromatic N) is 2. The molecule has 0 saturated carbocycles. The van der Waals surface area contributed by atoms with Crippen molar-refractivity contribution < 1.29 is 9.94 Å². The molecule has 1 heterocycles. The van der Waals surface area contributed by atoms with Crippen LogP contribution in [-0.2, 0) is 4.74 Å². The van der Waals surface area contributed by atoms with Crippen LogP contribution in [0.4, 0.5) is 5.69 Å². The van der Waals surface area contributed by atoms with Gasteiger partial charge in [0.1, 0.15) is 0 Å². The molecule has 0 aliphatic carbocycles. The number of anilines is 1. The van der Waals surface area contributed by atoms with Gasteiger partial charge < -0.3 is 14.8 Å². The minimum atomic E-state index is 0.792. The van der Waals surface area contributed by atoms with Crippen molar-refractivity contribution in [1.82, 2.24) is 0 Å². The van der Waals surface area contributed by atoms with Crippen molar-refractivity contribution in [3.63, 3.8) is 0 Å². The van der Waals surface area contributed by atoms with E-state index in [-0.39, 0.29) is 0 Å². The molecule has 1 N–H and O–H groups in total. The van der Waals surface area contributed by atoms with E-state index >= 15 is 0 Å². The lowest BCUT2D eigenvalue weighted by molar-refractivity contribution is 0.122. The molecule has 1 saturated heterocycles. The summed E-state index contributed by atoms with van der Waals surface area (Å²) in [5.74, 6) is 0. The van der Waals surface area contributed by atoms with E-state index < -0.39 is 0 Å². The summed E-state index contributed by atoms with van der Waals surface area (Å²) in [7, 11) is 0. The Morgan fingerprint density at radius 1 is 1.20 bits per heavy atom. The summed E-state index contributed by atoms with van der Waals surface area (Å²) >= 11 is 0. The fourth-order valence-corrected chi connectivity index (χ4v) is 1.66. The van der Waals surface area contributed by atoms with Gasteiger partial charge in [-0.05, 0) is 17.7 Å². The van der Waals surface area contributed by atoms with Crippen LogP contribution in [0.1, 0.15) is 5.56 Å². The van der Waals surface area contributed by atoms with Gasteiger partial charge in [0.15, 0.2) is 0 Å². The molecular formula is C11H14N2O2. The first-order chi connectivity index (χ1) is 7.40. The maximum Gasteiger partial charge on any atom is 0.0733 e. The molecule has 0 bridgehead atoms. The Hall–Kier alpha value is -1.55. The molecule has 4 nitrogen and oxygen atoms in total. The number of morpholine rings is 1. The van der Waals surface area contributed by atoms with Gasteiger partial charge in [-0.15, -0.1) is 0 Å². The van der Waals surface area contributed by atoms with Crippen molar-refractivity contribution >= 4 is 11.9 Å². The van der Waals surface area contributed by atoms with E-state index in [1.165, 1.54) is 11.9 Å². The van der Waals surface area contributed by atoms with Crippen molar-refractivity contribution in [2.24, 2.45) is 5.16 Å². The average Bonchev–Trinajstić information content (AvgIpc) is 2.32. The standard InChI is InChI=1S/C11H14N2O2/c14-12-9-10-1-3-11(4-2-10)13-5-7-15-8-6-13/h1-4,9,14H,5-8H2/b12-9-. The fraction of sp³-hybridized carbons (Fsp3) is 0.364. The molecule has 0 amide bonds. The van der Waals surface area contributed by atoms with E-state index in [1.807, 2.05) is 24.3 Å². The highest BCUT2D eigenvalue weighted by Crippen LogP contribution is 2.15. The summed E-state index contributed by atoms with van der Waals surface area (Å²) in [6, 6.07) is 7.93. The van der Waals surface area contributed by atoms with Gasteiger partial charge in [-0.1, -0.05) is 17.3 Å². The number of rotatable bonds is 2. The average molecular weight is 206 g/mol. The molecule has 1 aliphatic heterocycles. The van der Waals surface area contributed by atoms with Gasteiger partial charge in [0.25, 0.3) is 0 Å². The van der Waals surface area contributed by atoms with Crippen LogP contribution in [-0.4, -0.2) is 37.7 Å². The molecular weight excluding hydrogens is 192 g/mol. The summed E-state index contributed by atoms with van der Waals surface area (Å²) in [4.78, 5) is 2.28. The van der Waals surface area contributed by atoms with Crippen LogP contribution < -0.4 is 4.90 Å². The number of benzene rings is 1. The van der Waals surface area contributed by atoms with Crippen LogP contribution in [0, 0.1) is 0 Å². The van der Waals surface area contributed by atoms with Gasteiger partial charge in [-0.3, -0.25) is 0 Å². The molecule has 1 fully saturated rings. The lowest BCUT2D eigenvalue weighted by Crippen LogP contribution is -2.36. The van der Waals surface area contributed by atoms with Gasteiger partial charge in [0.2, 0.25) is 0 Å². The zero-order chi connectivity index (χ0) is 10.5. The van der Waals surface area contributed by atoms with Crippen LogP contribution in [0.25, 0.3) is 0 Å². The molecule has 1 aromatic rings. The quantitative estimate of drug-likeness (QED) is 0.451. The van der Waals surface area contributed by atoms with Gasteiger partial charge in [0, 0.05) is 18.8 Å². The maximum absolute atomic E-state index is 8.38. The van der Waals surface area contributed by atoms with Crippen molar-refractivity contribution in [1.29, 1.82) is 0 Å². The molecule has 15 heavy (non-hydrogen) atoms. The first-order valence-corrected chi connectivity index (χ1v) is 5.00. The van der Waals surface area contributed by atoms with E-state index in [9.17, 15) is 0 Å². The third-order valence-electron chi connectivity index (χ3n) is 2.48. The van der Waals surface area contributed by atoms with E-state index in [2.05, 4.69) is 10.1 Å². The lowest BCUT2D eigenvalue weighted by atomic mass is 10.2. The number of ether oxygens (including phenoxy) is 1. The second-order valence-corrected chi connectivity index (χ2v) is 3.44. The second kappa shape index (κ2) is 4.79. The number of hydrogen-bond donors (Lipinski definition) is 1. The highest BCUT2D eigenvalue weighted by Gasteiger charge is 2.10. The summed E-state index contributed by atoms with van der Waals surface area (Å²) in [5, 5.41) is 11.4. The molecule has 1 aromatic carbocycles. The zero-order valence-corrected chi connectivity index (χ0v) is 8.47. The summed E-state index contributed by atoms with van der Waals surface area (Å²) in [5.41, 5.74) is 2.09. The fourth-order valence-electron chi connectivity index (χ4n) is 1.66.